The van der Waals surface area contributed by atoms with Crippen LogP contribution < -0.4 is 10.5 Å². The second kappa shape index (κ2) is 4.69. The number of ether oxygens (including phenoxy) is 1. The van der Waals surface area contributed by atoms with Crippen LogP contribution in [0, 0.1) is 0 Å². The Morgan fingerprint density at radius 2 is 2.23 bits per heavy atom. The van der Waals surface area contributed by atoms with E-state index in [0.717, 1.165) is 0 Å². The van der Waals surface area contributed by atoms with Gasteiger partial charge in [-0.2, -0.15) is 0 Å². The lowest BCUT2D eigenvalue weighted by Gasteiger charge is -2.09. The average Bonchev–Trinajstić information content (AvgIpc) is 2.14. The van der Waals surface area contributed by atoms with Crippen molar-refractivity contribution in [2.45, 2.75) is 6.10 Å². The number of aliphatic hydroxyl groups is 1. The third kappa shape index (κ3) is 3.31. The number of hydrogen-bond acceptors (Lipinski definition) is 4. The average molecular weight is 183 g/mol. The molecule has 0 aliphatic heterocycles. The normalized spacial score (nSPS) is 12.5. The molecule has 13 heavy (non-hydrogen) atoms. The summed E-state index contributed by atoms with van der Waals surface area (Å²) in [5.41, 5.74) is 5.19. The van der Waals surface area contributed by atoms with Gasteiger partial charge in [0.2, 0.25) is 0 Å². The van der Waals surface area contributed by atoms with Gasteiger partial charge in [0.1, 0.15) is 24.2 Å². The van der Waals surface area contributed by atoms with Crippen molar-refractivity contribution in [2.24, 2.45) is 5.73 Å². The quantitative estimate of drug-likeness (QED) is 0.618. The van der Waals surface area contributed by atoms with Crippen LogP contribution in [0.3, 0.4) is 0 Å². The molecule has 4 nitrogen and oxygen atoms in total. The number of rotatable bonds is 4. The molecular formula is C9H13NO3. The molecule has 0 aliphatic rings. The van der Waals surface area contributed by atoms with E-state index in [1.807, 2.05) is 0 Å². The van der Waals surface area contributed by atoms with Gasteiger partial charge < -0.3 is 20.7 Å². The van der Waals surface area contributed by atoms with Crippen LogP contribution >= 0.6 is 0 Å². The molecule has 1 unspecified atom stereocenters. The van der Waals surface area contributed by atoms with Gasteiger partial charge in [0.15, 0.2) is 0 Å². The third-order valence-corrected chi connectivity index (χ3v) is 1.53. The molecule has 0 radical (unpaired) electrons. The highest BCUT2D eigenvalue weighted by molar-refractivity contribution is 5.31. The van der Waals surface area contributed by atoms with Gasteiger partial charge in [0.25, 0.3) is 0 Å². The first-order valence-corrected chi connectivity index (χ1v) is 4.02. The molecule has 1 rings (SSSR count). The summed E-state index contributed by atoms with van der Waals surface area (Å²) in [7, 11) is 0. The maximum atomic E-state index is 9.08. The summed E-state index contributed by atoms with van der Waals surface area (Å²) < 4.78 is 5.15. The van der Waals surface area contributed by atoms with Crippen molar-refractivity contribution in [1.29, 1.82) is 0 Å². The van der Waals surface area contributed by atoms with Gasteiger partial charge in [-0.15, -0.1) is 0 Å². The molecule has 0 aliphatic carbocycles. The number of hydrogen-bond donors (Lipinski definition) is 3. The smallest absolute Gasteiger partial charge is 0.123 e. The number of phenols is 1. The maximum absolute atomic E-state index is 9.08. The summed E-state index contributed by atoms with van der Waals surface area (Å²) in [5.74, 6) is 0.659. The molecule has 1 aromatic carbocycles. The van der Waals surface area contributed by atoms with E-state index in [0.29, 0.717) is 5.75 Å². The minimum Gasteiger partial charge on any atom is -0.508 e. The summed E-state index contributed by atoms with van der Waals surface area (Å²) in [6.07, 6.45) is -0.664. The Balaban J connectivity index is 2.45. The first-order valence-electron chi connectivity index (χ1n) is 4.02. The molecule has 0 heterocycles. The Morgan fingerprint density at radius 3 is 2.85 bits per heavy atom. The van der Waals surface area contributed by atoms with E-state index in [4.69, 9.17) is 20.7 Å². The zero-order valence-corrected chi connectivity index (χ0v) is 7.18. The molecule has 0 bridgehead atoms. The summed E-state index contributed by atoms with van der Waals surface area (Å²) in [6.45, 7) is 0.304. The molecule has 0 amide bonds. The van der Waals surface area contributed by atoms with Gasteiger partial charge in [0.05, 0.1) is 0 Å². The second-order valence-corrected chi connectivity index (χ2v) is 2.70. The van der Waals surface area contributed by atoms with E-state index in [1.54, 1.807) is 18.2 Å². The Kier molecular flexibility index (Phi) is 3.54. The fraction of sp³-hybridized carbons (Fsp3) is 0.333. The number of benzene rings is 1. The number of nitrogens with two attached hydrogens (primary N) is 1. The lowest BCUT2D eigenvalue weighted by molar-refractivity contribution is 0.114. The molecule has 0 fully saturated rings. The van der Waals surface area contributed by atoms with E-state index < -0.39 is 6.10 Å². The molecule has 0 spiro atoms. The maximum Gasteiger partial charge on any atom is 0.123 e. The fourth-order valence-electron chi connectivity index (χ4n) is 0.834. The van der Waals surface area contributed by atoms with Crippen molar-refractivity contribution < 1.29 is 14.9 Å². The largest absolute Gasteiger partial charge is 0.508 e. The molecule has 1 atom stereocenters. The summed E-state index contributed by atoms with van der Waals surface area (Å²) in [6, 6.07) is 6.39. The minimum atomic E-state index is -0.664. The van der Waals surface area contributed by atoms with Gasteiger partial charge in [-0.25, -0.2) is 0 Å². The summed E-state index contributed by atoms with van der Waals surface area (Å²) in [4.78, 5) is 0. The van der Waals surface area contributed by atoms with E-state index in [-0.39, 0.29) is 18.9 Å². The second-order valence-electron chi connectivity index (χ2n) is 2.70. The topological polar surface area (TPSA) is 75.7 Å². The van der Waals surface area contributed by atoms with Crippen molar-refractivity contribution in [3.05, 3.63) is 24.3 Å². The standard InChI is InChI=1S/C9H13NO3/c10-5-8(12)6-13-9-3-1-2-7(11)4-9/h1-4,8,11-12H,5-6,10H2. The lowest BCUT2D eigenvalue weighted by atomic mass is 10.3. The first-order chi connectivity index (χ1) is 6.22. The van der Waals surface area contributed by atoms with Crippen molar-refractivity contribution in [2.75, 3.05) is 13.2 Å². The van der Waals surface area contributed by atoms with Crippen LogP contribution in [-0.2, 0) is 0 Å². The number of phenolic OH excluding ortho intramolecular Hbond substituents is 1. The van der Waals surface area contributed by atoms with Gasteiger partial charge in [0, 0.05) is 12.6 Å². The van der Waals surface area contributed by atoms with Gasteiger partial charge in [-0.3, -0.25) is 0 Å². The highest BCUT2D eigenvalue weighted by atomic mass is 16.5. The van der Waals surface area contributed by atoms with Crippen LogP contribution in [0.5, 0.6) is 11.5 Å². The van der Waals surface area contributed by atoms with Crippen LogP contribution in [-0.4, -0.2) is 29.5 Å². The highest BCUT2D eigenvalue weighted by Gasteiger charge is 2.01. The van der Waals surface area contributed by atoms with Gasteiger partial charge >= 0.3 is 0 Å². The van der Waals surface area contributed by atoms with Crippen molar-refractivity contribution in [3.8, 4) is 11.5 Å². The highest BCUT2D eigenvalue weighted by Crippen LogP contribution is 2.17. The Labute approximate surface area is 76.6 Å². The van der Waals surface area contributed by atoms with Crippen molar-refractivity contribution in [1.82, 2.24) is 0 Å². The zero-order valence-electron chi connectivity index (χ0n) is 7.18. The molecule has 4 heteroatoms. The molecule has 4 N–H and O–H groups in total. The van der Waals surface area contributed by atoms with Gasteiger partial charge in [-0.1, -0.05) is 6.07 Å². The number of aromatic hydroxyl groups is 1. The van der Waals surface area contributed by atoms with E-state index >= 15 is 0 Å². The molecule has 72 valence electrons. The zero-order chi connectivity index (χ0) is 9.68. The van der Waals surface area contributed by atoms with E-state index in [1.165, 1.54) is 6.07 Å². The molecule has 0 aromatic heterocycles. The van der Waals surface area contributed by atoms with Crippen LogP contribution in [0.25, 0.3) is 0 Å². The van der Waals surface area contributed by atoms with Crippen LogP contribution in [0.15, 0.2) is 24.3 Å². The Bertz CT molecular complexity index is 265. The molecule has 1 aromatic rings. The van der Waals surface area contributed by atoms with Crippen LogP contribution in [0.4, 0.5) is 0 Å². The third-order valence-electron chi connectivity index (χ3n) is 1.53. The molecule has 0 saturated heterocycles. The first kappa shape index (κ1) is 9.83. The molecule has 0 saturated carbocycles. The van der Waals surface area contributed by atoms with E-state index in [9.17, 15) is 0 Å². The van der Waals surface area contributed by atoms with Gasteiger partial charge in [-0.05, 0) is 12.1 Å². The van der Waals surface area contributed by atoms with E-state index in [2.05, 4.69) is 0 Å². The predicted molar refractivity (Wildman–Crippen MR) is 48.7 cm³/mol. The summed E-state index contributed by atoms with van der Waals surface area (Å²) >= 11 is 0. The Morgan fingerprint density at radius 1 is 1.46 bits per heavy atom. The predicted octanol–water partition coefficient (Wildman–Crippen LogP) is 0.0906. The minimum absolute atomic E-state index is 0.139. The molecular weight excluding hydrogens is 170 g/mol. The number of aliphatic hydroxyl groups excluding tert-OH is 1. The fourth-order valence-corrected chi connectivity index (χ4v) is 0.834. The monoisotopic (exact) mass is 183 g/mol. The Hall–Kier alpha value is -1.26. The van der Waals surface area contributed by atoms with Crippen LogP contribution in [0.2, 0.25) is 0 Å². The van der Waals surface area contributed by atoms with Crippen molar-refractivity contribution in [3.63, 3.8) is 0 Å². The lowest BCUT2D eigenvalue weighted by Crippen LogP contribution is -2.26. The SMILES string of the molecule is NCC(O)COc1cccc(O)c1. The summed E-state index contributed by atoms with van der Waals surface area (Å²) in [5, 5.41) is 18.1. The van der Waals surface area contributed by atoms with Crippen molar-refractivity contribution >= 4 is 0 Å². The van der Waals surface area contributed by atoms with Crippen LogP contribution in [0.1, 0.15) is 0 Å².